The number of carbonyl (C=O) groups is 1. The summed E-state index contributed by atoms with van der Waals surface area (Å²) in [6, 6.07) is 8.32. The van der Waals surface area contributed by atoms with E-state index in [2.05, 4.69) is 17.6 Å². The Morgan fingerprint density at radius 1 is 1.47 bits per heavy atom. The van der Waals surface area contributed by atoms with Crippen LogP contribution in [0.25, 0.3) is 0 Å². The van der Waals surface area contributed by atoms with Gasteiger partial charge in [0.05, 0.1) is 6.61 Å². The molecule has 1 aliphatic rings. The molecule has 1 aliphatic heterocycles. The first-order valence-electron chi connectivity index (χ1n) is 6.83. The lowest BCUT2D eigenvalue weighted by Crippen LogP contribution is -2.33. The molecule has 1 heterocycles. The third-order valence-electron chi connectivity index (χ3n) is 3.61. The molecule has 0 bridgehead atoms. The van der Waals surface area contributed by atoms with Gasteiger partial charge in [0.2, 0.25) is 5.91 Å². The van der Waals surface area contributed by atoms with Crippen LogP contribution in [0.15, 0.2) is 24.3 Å². The highest BCUT2D eigenvalue weighted by atomic mass is 16.5. The molecule has 0 aromatic heterocycles. The second-order valence-corrected chi connectivity index (χ2v) is 5.13. The number of rotatable bonds is 5. The predicted octanol–water partition coefficient (Wildman–Crippen LogP) is 2.16. The SMILES string of the molecule is CC(=O)Nc1ccccc1CNC(C)C1CCOC1. The van der Waals surface area contributed by atoms with E-state index in [1.54, 1.807) is 0 Å². The summed E-state index contributed by atoms with van der Waals surface area (Å²) in [5.41, 5.74) is 2.00. The Hall–Kier alpha value is -1.39. The average molecular weight is 262 g/mol. The summed E-state index contributed by atoms with van der Waals surface area (Å²) in [6.07, 6.45) is 1.13. The number of benzene rings is 1. The fourth-order valence-corrected chi connectivity index (χ4v) is 2.37. The van der Waals surface area contributed by atoms with Gasteiger partial charge in [-0.2, -0.15) is 0 Å². The molecule has 0 radical (unpaired) electrons. The molecule has 2 rings (SSSR count). The van der Waals surface area contributed by atoms with Gasteiger partial charge in [0, 0.05) is 31.8 Å². The maximum Gasteiger partial charge on any atom is 0.221 e. The first kappa shape index (κ1) is 14.0. The van der Waals surface area contributed by atoms with Crippen molar-refractivity contribution in [3.05, 3.63) is 29.8 Å². The van der Waals surface area contributed by atoms with Crippen LogP contribution in [0.4, 0.5) is 5.69 Å². The maximum absolute atomic E-state index is 11.2. The van der Waals surface area contributed by atoms with E-state index in [1.807, 2.05) is 24.3 Å². The van der Waals surface area contributed by atoms with E-state index in [0.29, 0.717) is 12.0 Å². The van der Waals surface area contributed by atoms with Crippen LogP contribution in [0.5, 0.6) is 0 Å². The molecule has 2 N–H and O–H groups in total. The van der Waals surface area contributed by atoms with Crippen molar-refractivity contribution in [3.63, 3.8) is 0 Å². The molecule has 0 spiro atoms. The number of amides is 1. The molecule has 4 heteroatoms. The van der Waals surface area contributed by atoms with Crippen LogP contribution in [-0.4, -0.2) is 25.2 Å². The van der Waals surface area contributed by atoms with E-state index in [0.717, 1.165) is 37.4 Å². The highest BCUT2D eigenvalue weighted by molar-refractivity contribution is 5.89. The Labute approximate surface area is 114 Å². The molecule has 1 amide bonds. The van der Waals surface area contributed by atoms with E-state index in [9.17, 15) is 4.79 Å². The van der Waals surface area contributed by atoms with E-state index < -0.39 is 0 Å². The largest absolute Gasteiger partial charge is 0.381 e. The fourth-order valence-electron chi connectivity index (χ4n) is 2.37. The zero-order valence-electron chi connectivity index (χ0n) is 11.6. The van der Waals surface area contributed by atoms with Crippen molar-refractivity contribution in [2.45, 2.75) is 32.9 Å². The minimum atomic E-state index is -0.0373. The number of hydrogen-bond donors (Lipinski definition) is 2. The molecule has 4 nitrogen and oxygen atoms in total. The number of hydrogen-bond acceptors (Lipinski definition) is 3. The Balaban J connectivity index is 1.92. The van der Waals surface area contributed by atoms with Crippen LogP contribution in [0.3, 0.4) is 0 Å². The molecular weight excluding hydrogens is 240 g/mol. The minimum absolute atomic E-state index is 0.0373. The predicted molar refractivity (Wildman–Crippen MR) is 76.0 cm³/mol. The standard InChI is InChI=1S/C15H22N2O2/c1-11(14-7-8-19-10-14)16-9-13-5-3-4-6-15(13)17-12(2)18/h3-6,11,14,16H,7-10H2,1-2H3,(H,17,18). The number of para-hydroxylation sites is 1. The molecule has 1 aromatic carbocycles. The van der Waals surface area contributed by atoms with E-state index in [-0.39, 0.29) is 5.91 Å². The monoisotopic (exact) mass is 262 g/mol. The van der Waals surface area contributed by atoms with Gasteiger partial charge < -0.3 is 15.4 Å². The summed E-state index contributed by atoms with van der Waals surface area (Å²) >= 11 is 0. The lowest BCUT2D eigenvalue weighted by atomic mass is 10.0. The number of nitrogens with one attached hydrogen (secondary N) is 2. The summed E-state index contributed by atoms with van der Waals surface area (Å²) < 4.78 is 5.41. The molecule has 1 saturated heterocycles. The second-order valence-electron chi connectivity index (χ2n) is 5.13. The summed E-state index contributed by atoms with van der Waals surface area (Å²) in [6.45, 7) is 6.21. The van der Waals surface area contributed by atoms with Gasteiger partial charge in [-0.3, -0.25) is 4.79 Å². The van der Waals surface area contributed by atoms with Gasteiger partial charge >= 0.3 is 0 Å². The third kappa shape index (κ3) is 4.04. The topological polar surface area (TPSA) is 50.4 Å². The van der Waals surface area contributed by atoms with Crippen LogP contribution in [0, 0.1) is 5.92 Å². The zero-order valence-corrected chi connectivity index (χ0v) is 11.6. The maximum atomic E-state index is 11.2. The molecule has 0 aliphatic carbocycles. The highest BCUT2D eigenvalue weighted by Gasteiger charge is 2.21. The smallest absolute Gasteiger partial charge is 0.221 e. The Morgan fingerprint density at radius 3 is 2.95 bits per heavy atom. The van der Waals surface area contributed by atoms with Crippen molar-refractivity contribution in [2.24, 2.45) is 5.92 Å². The molecule has 1 fully saturated rings. The van der Waals surface area contributed by atoms with Crippen molar-refractivity contribution in [1.29, 1.82) is 0 Å². The summed E-state index contributed by atoms with van der Waals surface area (Å²) in [5.74, 6) is 0.553. The third-order valence-corrected chi connectivity index (χ3v) is 3.61. The van der Waals surface area contributed by atoms with Crippen LogP contribution in [0.2, 0.25) is 0 Å². The number of ether oxygens (including phenoxy) is 1. The van der Waals surface area contributed by atoms with Crippen molar-refractivity contribution in [1.82, 2.24) is 5.32 Å². The van der Waals surface area contributed by atoms with Gasteiger partial charge in [0.1, 0.15) is 0 Å². The van der Waals surface area contributed by atoms with Gasteiger partial charge in [0.15, 0.2) is 0 Å². The molecule has 19 heavy (non-hydrogen) atoms. The van der Waals surface area contributed by atoms with Crippen molar-refractivity contribution in [3.8, 4) is 0 Å². The van der Waals surface area contributed by atoms with Gasteiger partial charge in [-0.1, -0.05) is 18.2 Å². The molecule has 104 valence electrons. The van der Waals surface area contributed by atoms with Crippen LogP contribution in [0.1, 0.15) is 25.8 Å². The summed E-state index contributed by atoms with van der Waals surface area (Å²) in [7, 11) is 0. The molecule has 1 aromatic rings. The number of carbonyl (C=O) groups excluding carboxylic acids is 1. The first-order valence-corrected chi connectivity index (χ1v) is 6.83. The first-order chi connectivity index (χ1) is 9.16. The highest BCUT2D eigenvalue weighted by Crippen LogP contribution is 2.19. The second kappa shape index (κ2) is 6.68. The zero-order chi connectivity index (χ0) is 13.7. The molecule has 2 atom stereocenters. The van der Waals surface area contributed by atoms with Gasteiger partial charge in [0.25, 0.3) is 0 Å². The van der Waals surface area contributed by atoms with Crippen molar-refractivity contribution in [2.75, 3.05) is 18.5 Å². The lowest BCUT2D eigenvalue weighted by molar-refractivity contribution is -0.114. The van der Waals surface area contributed by atoms with Gasteiger partial charge in [-0.05, 0) is 30.9 Å². The van der Waals surface area contributed by atoms with Crippen LogP contribution < -0.4 is 10.6 Å². The van der Waals surface area contributed by atoms with Crippen LogP contribution >= 0.6 is 0 Å². The van der Waals surface area contributed by atoms with E-state index in [4.69, 9.17) is 4.74 Å². The van der Waals surface area contributed by atoms with E-state index in [1.165, 1.54) is 6.92 Å². The quantitative estimate of drug-likeness (QED) is 0.855. The summed E-state index contributed by atoms with van der Waals surface area (Å²) in [5, 5.41) is 6.39. The Kier molecular flexibility index (Phi) is 4.93. The summed E-state index contributed by atoms with van der Waals surface area (Å²) in [4.78, 5) is 11.2. The van der Waals surface area contributed by atoms with Crippen LogP contribution in [-0.2, 0) is 16.1 Å². The fraction of sp³-hybridized carbons (Fsp3) is 0.533. The lowest BCUT2D eigenvalue weighted by Gasteiger charge is -2.20. The van der Waals surface area contributed by atoms with Crippen molar-refractivity contribution < 1.29 is 9.53 Å². The molecule has 0 saturated carbocycles. The Morgan fingerprint density at radius 2 is 2.26 bits per heavy atom. The average Bonchev–Trinajstić information content (AvgIpc) is 2.90. The Bertz CT molecular complexity index is 428. The minimum Gasteiger partial charge on any atom is -0.381 e. The molecular formula is C15H22N2O2. The van der Waals surface area contributed by atoms with Gasteiger partial charge in [-0.15, -0.1) is 0 Å². The van der Waals surface area contributed by atoms with Gasteiger partial charge in [-0.25, -0.2) is 0 Å². The number of anilines is 1. The van der Waals surface area contributed by atoms with E-state index >= 15 is 0 Å². The molecule has 2 unspecified atom stereocenters. The van der Waals surface area contributed by atoms with Crippen molar-refractivity contribution >= 4 is 11.6 Å². The normalized spacial score (nSPS) is 20.2.